The van der Waals surface area contributed by atoms with E-state index in [1.807, 2.05) is 38.1 Å². The van der Waals surface area contributed by atoms with Gasteiger partial charge in [0.25, 0.3) is 0 Å². The van der Waals surface area contributed by atoms with Crippen LogP contribution in [0.4, 0.5) is 0 Å². The summed E-state index contributed by atoms with van der Waals surface area (Å²) < 4.78 is 0. The van der Waals surface area contributed by atoms with Gasteiger partial charge in [-0.15, -0.1) is 0 Å². The maximum atomic E-state index is 11.2. The van der Waals surface area contributed by atoms with E-state index in [9.17, 15) is 14.4 Å². The summed E-state index contributed by atoms with van der Waals surface area (Å²) in [6.07, 6.45) is 8.18. The Balaban J connectivity index is 0.000000606. The molecule has 0 radical (unpaired) electrons. The molecule has 1 saturated carbocycles. The van der Waals surface area contributed by atoms with Gasteiger partial charge in [0.1, 0.15) is 5.41 Å². The molecule has 0 heterocycles. The lowest BCUT2D eigenvalue weighted by Crippen LogP contribution is -2.45. The van der Waals surface area contributed by atoms with Crippen molar-refractivity contribution in [3.05, 3.63) is 70.8 Å². The molecule has 1 fully saturated rings. The van der Waals surface area contributed by atoms with Gasteiger partial charge in [-0.1, -0.05) is 101 Å². The van der Waals surface area contributed by atoms with Gasteiger partial charge >= 0.3 is 0 Å². The zero-order valence-corrected chi connectivity index (χ0v) is 23.7. The quantitative estimate of drug-likeness (QED) is 0.271. The van der Waals surface area contributed by atoms with Gasteiger partial charge in [0.2, 0.25) is 11.8 Å². The topological polar surface area (TPSA) is 75.3 Å². The number of carbonyl (C=O) groups excluding carboxylic acids is 3. The summed E-state index contributed by atoms with van der Waals surface area (Å²) in [5.74, 6) is 0.624. The minimum absolute atomic E-state index is 0.102. The summed E-state index contributed by atoms with van der Waals surface area (Å²) in [7, 11) is 3.01. The number of amides is 2. The third-order valence-corrected chi connectivity index (χ3v) is 5.63. The van der Waals surface area contributed by atoms with Crippen LogP contribution in [0.15, 0.2) is 48.5 Å². The molecule has 1 aliphatic carbocycles. The molecule has 0 bridgehead atoms. The lowest BCUT2D eigenvalue weighted by molar-refractivity contribution is -0.140. The second kappa shape index (κ2) is 17.3. The SMILES string of the molecule is CC.CC1CC1.CCc1ccc(/C=C/c2ccc(C(C)=O)cc2)cc1.CNC(=O)C(C)(C)C(=O)NC. The summed E-state index contributed by atoms with van der Waals surface area (Å²) in [6, 6.07) is 16.2. The third-order valence-electron chi connectivity index (χ3n) is 5.63. The number of rotatable bonds is 6. The highest BCUT2D eigenvalue weighted by atomic mass is 16.2. The van der Waals surface area contributed by atoms with Crippen molar-refractivity contribution in [3.63, 3.8) is 0 Å². The molecule has 2 aromatic rings. The van der Waals surface area contributed by atoms with E-state index in [-0.39, 0.29) is 17.6 Å². The number of aryl methyl sites for hydroxylation is 1. The summed E-state index contributed by atoms with van der Waals surface area (Å²) in [5.41, 5.74) is 3.41. The number of ketones is 1. The van der Waals surface area contributed by atoms with Crippen LogP contribution in [-0.2, 0) is 16.0 Å². The number of hydrogen-bond acceptors (Lipinski definition) is 3. The smallest absolute Gasteiger partial charge is 0.234 e. The van der Waals surface area contributed by atoms with Crippen LogP contribution in [0.1, 0.15) is 88.4 Å². The molecular weight excluding hydrogens is 448 g/mol. The molecule has 5 nitrogen and oxygen atoms in total. The Bertz CT molecular complexity index is 936. The summed E-state index contributed by atoms with van der Waals surface area (Å²) >= 11 is 0. The van der Waals surface area contributed by atoms with Gasteiger partial charge in [0.05, 0.1) is 0 Å². The van der Waals surface area contributed by atoms with E-state index in [1.54, 1.807) is 20.8 Å². The molecular formula is C31H46N2O3. The number of carbonyl (C=O) groups is 3. The highest BCUT2D eigenvalue weighted by molar-refractivity contribution is 6.03. The second-order valence-corrected chi connectivity index (χ2v) is 9.07. The highest BCUT2D eigenvalue weighted by Gasteiger charge is 2.34. The number of benzene rings is 2. The maximum absolute atomic E-state index is 11.2. The first-order chi connectivity index (χ1) is 17.0. The Hall–Kier alpha value is -3.21. The van der Waals surface area contributed by atoms with Crippen molar-refractivity contribution in [2.24, 2.45) is 11.3 Å². The molecule has 3 rings (SSSR count). The van der Waals surface area contributed by atoms with Crippen LogP contribution < -0.4 is 10.6 Å². The molecule has 0 aromatic heterocycles. The van der Waals surface area contributed by atoms with E-state index in [2.05, 4.69) is 60.9 Å². The molecule has 198 valence electrons. The number of hydrogen-bond donors (Lipinski definition) is 2. The lowest BCUT2D eigenvalue weighted by Gasteiger charge is -2.19. The minimum atomic E-state index is -0.983. The van der Waals surface area contributed by atoms with E-state index < -0.39 is 5.41 Å². The van der Waals surface area contributed by atoms with Crippen molar-refractivity contribution in [3.8, 4) is 0 Å². The number of nitrogens with one attached hydrogen (secondary N) is 2. The molecule has 2 N–H and O–H groups in total. The maximum Gasteiger partial charge on any atom is 0.234 e. The Labute approximate surface area is 218 Å². The van der Waals surface area contributed by atoms with Gasteiger partial charge in [0, 0.05) is 19.7 Å². The average Bonchev–Trinajstić information content (AvgIpc) is 3.70. The van der Waals surface area contributed by atoms with Crippen molar-refractivity contribution < 1.29 is 14.4 Å². The van der Waals surface area contributed by atoms with Crippen molar-refractivity contribution in [2.75, 3.05) is 14.1 Å². The Morgan fingerprint density at radius 2 is 1.19 bits per heavy atom. The van der Waals surface area contributed by atoms with E-state index in [0.717, 1.165) is 23.5 Å². The fourth-order valence-electron chi connectivity index (χ4n) is 2.78. The van der Waals surface area contributed by atoms with E-state index in [1.165, 1.54) is 38.1 Å². The lowest BCUT2D eigenvalue weighted by atomic mass is 9.91. The molecule has 0 unspecified atom stereocenters. The standard InChI is InChI=1S/C18H18O.C7H14N2O2.C4H8.C2H6/c1-3-15-4-6-16(7-5-15)8-9-17-10-12-18(13-11-17)14(2)19;1-7(2,5(10)8-3)6(11)9-4;1-4-2-3-4;1-2/h4-13H,3H2,1-2H3;1-4H3,(H,8,10)(H,9,11);4H,2-3H2,1H3;1-2H3/b9-8+;;;. The first-order valence-electron chi connectivity index (χ1n) is 12.9. The van der Waals surface area contributed by atoms with Crippen LogP contribution in [0.5, 0.6) is 0 Å². The van der Waals surface area contributed by atoms with Crippen molar-refractivity contribution in [2.45, 2.75) is 67.7 Å². The van der Waals surface area contributed by atoms with E-state index >= 15 is 0 Å². The van der Waals surface area contributed by atoms with Gasteiger partial charge in [-0.2, -0.15) is 0 Å². The van der Waals surface area contributed by atoms with Crippen LogP contribution >= 0.6 is 0 Å². The second-order valence-electron chi connectivity index (χ2n) is 9.07. The van der Waals surface area contributed by atoms with Crippen LogP contribution in [0.2, 0.25) is 0 Å². The Morgan fingerprint density at radius 3 is 1.47 bits per heavy atom. The average molecular weight is 495 g/mol. The third kappa shape index (κ3) is 12.5. The molecule has 0 spiro atoms. The predicted molar refractivity (Wildman–Crippen MR) is 153 cm³/mol. The Morgan fingerprint density at radius 1 is 0.833 bits per heavy atom. The van der Waals surface area contributed by atoms with Crippen LogP contribution in [0, 0.1) is 11.3 Å². The zero-order valence-electron chi connectivity index (χ0n) is 23.7. The first-order valence-corrected chi connectivity index (χ1v) is 12.9. The van der Waals surface area contributed by atoms with Crippen molar-refractivity contribution >= 4 is 29.7 Å². The van der Waals surface area contributed by atoms with Gasteiger partial charge in [-0.05, 0) is 49.8 Å². The minimum Gasteiger partial charge on any atom is -0.358 e. The van der Waals surface area contributed by atoms with Crippen molar-refractivity contribution in [1.29, 1.82) is 0 Å². The zero-order chi connectivity index (χ0) is 27.7. The fourth-order valence-corrected chi connectivity index (χ4v) is 2.78. The number of Topliss-reactive ketones (excluding diaryl/α,β-unsaturated/α-hetero) is 1. The van der Waals surface area contributed by atoms with Crippen molar-refractivity contribution in [1.82, 2.24) is 10.6 Å². The predicted octanol–water partition coefficient (Wildman–Crippen LogP) is 6.57. The van der Waals surface area contributed by atoms with Gasteiger partial charge in [-0.3, -0.25) is 14.4 Å². The molecule has 0 saturated heterocycles. The molecule has 5 heteroatoms. The molecule has 0 atom stereocenters. The normalized spacial score (nSPS) is 12.0. The van der Waals surface area contributed by atoms with Gasteiger partial charge in [0.15, 0.2) is 5.78 Å². The van der Waals surface area contributed by atoms with Gasteiger partial charge in [-0.25, -0.2) is 0 Å². The summed E-state index contributed by atoms with van der Waals surface area (Å²) in [5, 5.41) is 4.84. The monoisotopic (exact) mass is 494 g/mol. The molecule has 2 amide bonds. The van der Waals surface area contributed by atoms with Crippen LogP contribution in [0.25, 0.3) is 12.2 Å². The molecule has 1 aliphatic rings. The first kappa shape index (κ1) is 32.8. The fraction of sp³-hybridized carbons (Fsp3) is 0.452. The largest absolute Gasteiger partial charge is 0.358 e. The van der Waals surface area contributed by atoms with E-state index in [0.29, 0.717) is 0 Å². The molecule has 2 aromatic carbocycles. The highest BCUT2D eigenvalue weighted by Crippen LogP contribution is 2.26. The summed E-state index contributed by atoms with van der Waals surface area (Å²) in [6.45, 7) is 13.2. The summed E-state index contributed by atoms with van der Waals surface area (Å²) in [4.78, 5) is 33.3. The van der Waals surface area contributed by atoms with Crippen LogP contribution in [-0.4, -0.2) is 31.7 Å². The Kier molecular flexibility index (Phi) is 15.7. The van der Waals surface area contributed by atoms with E-state index in [4.69, 9.17) is 0 Å². The van der Waals surface area contributed by atoms with Crippen LogP contribution in [0.3, 0.4) is 0 Å². The molecule has 0 aliphatic heterocycles. The van der Waals surface area contributed by atoms with Gasteiger partial charge < -0.3 is 10.6 Å². The molecule has 36 heavy (non-hydrogen) atoms.